The maximum Gasteiger partial charge on any atom is 0.407 e. The Bertz CT molecular complexity index is 1370. The molecule has 0 spiro atoms. The summed E-state index contributed by atoms with van der Waals surface area (Å²) in [5.41, 5.74) is 7.96. The molecule has 0 atom stereocenters. The van der Waals surface area contributed by atoms with Crippen LogP contribution in [0.4, 0.5) is 10.6 Å². The summed E-state index contributed by atoms with van der Waals surface area (Å²) in [4.78, 5) is 44.9. The van der Waals surface area contributed by atoms with Crippen molar-refractivity contribution in [2.75, 3.05) is 58.4 Å². The molecule has 5 N–H and O–H groups in total. The predicted octanol–water partition coefficient (Wildman–Crippen LogP) is 1.88. The highest BCUT2D eigenvalue weighted by molar-refractivity contribution is 6.06. The summed E-state index contributed by atoms with van der Waals surface area (Å²) in [7, 11) is 0. The quantitative estimate of drug-likeness (QED) is 0.167. The monoisotopic (exact) mass is 601 g/mol. The van der Waals surface area contributed by atoms with Crippen LogP contribution in [0, 0.1) is 0 Å². The number of carbonyl (C=O) groups excluding carboxylic acids is 3. The second-order valence-electron chi connectivity index (χ2n) is 10.6. The number of nitrogen functional groups attached to an aromatic ring is 1. The smallest absolute Gasteiger partial charge is 0.407 e. The number of benzene rings is 1. The normalized spacial score (nSPS) is 11.5. The van der Waals surface area contributed by atoms with Gasteiger partial charge in [-0.05, 0) is 40.2 Å². The van der Waals surface area contributed by atoms with Crippen molar-refractivity contribution in [3.8, 4) is 0 Å². The van der Waals surface area contributed by atoms with E-state index in [1.54, 1.807) is 20.8 Å². The molecule has 0 unspecified atom stereocenters. The Balaban J connectivity index is 1.33. The van der Waals surface area contributed by atoms with Crippen molar-refractivity contribution in [1.82, 2.24) is 30.5 Å². The number of rotatable bonds is 17. The van der Waals surface area contributed by atoms with Crippen molar-refractivity contribution >= 4 is 45.7 Å². The molecule has 14 nitrogen and oxygen atoms in total. The molecule has 236 valence electrons. The molecule has 2 aromatic heterocycles. The Kier molecular flexibility index (Phi) is 12.9. The number of aryl methyl sites for hydroxylation is 1. The van der Waals surface area contributed by atoms with E-state index in [1.807, 2.05) is 31.2 Å². The highest BCUT2D eigenvalue weighted by atomic mass is 16.6. The number of ether oxygens (including phenoxy) is 4. The van der Waals surface area contributed by atoms with E-state index in [2.05, 4.69) is 25.5 Å². The van der Waals surface area contributed by atoms with Gasteiger partial charge in [0.2, 0.25) is 11.8 Å². The zero-order valence-electron chi connectivity index (χ0n) is 25.4. The number of alkyl carbamates (subject to hydrolysis) is 1. The van der Waals surface area contributed by atoms with E-state index in [0.717, 1.165) is 22.2 Å². The lowest BCUT2D eigenvalue weighted by molar-refractivity contribution is -0.131. The van der Waals surface area contributed by atoms with Gasteiger partial charge in [0.15, 0.2) is 5.82 Å². The summed E-state index contributed by atoms with van der Waals surface area (Å²) in [6, 6.07) is 7.76. The third kappa shape index (κ3) is 11.0. The van der Waals surface area contributed by atoms with Crippen LogP contribution in [0.1, 0.15) is 39.9 Å². The van der Waals surface area contributed by atoms with Gasteiger partial charge in [0.1, 0.15) is 36.8 Å². The van der Waals surface area contributed by atoms with Crippen LogP contribution in [-0.2, 0) is 41.7 Å². The molecular weight excluding hydrogens is 558 g/mol. The highest BCUT2D eigenvalue weighted by Gasteiger charge is 2.18. The van der Waals surface area contributed by atoms with Crippen molar-refractivity contribution < 1.29 is 33.3 Å². The minimum atomic E-state index is -0.562. The van der Waals surface area contributed by atoms with Gasteiger partial charge in [-0.25, -0.2) is 14.8 Å². The van der Waals surface area contributed by atoms with Crippen molar-refractivity contribution in [2.45, 2.75) is 52.9 Å². The number of aromatic nitrogens is 3. The third-order valence-electron chi connectivity index (χ3n) is 5.95. The molecule has 0 bridgehead atoms. The predicted molar refractivity (Wildman–Crippen MR) is 161 cm³/mol. The van der Waals surface area contributed by atoms with Gasteiger partial charge < -0.3 is 45.2 Å². The Morgan fingerprint density at radius 3 is 2.28 bits per heavy atom. The number of hydrogen-bond acceptors (Lipinski definition) is 10. The molecule has 0 saturated heterocycles. The summed E-state index contributed by atoms with van der Waals surface area (Å²) >= 11 is 0. The number of imidazole rings is 1. The maximum absolute atomic E-state index is 12.2. The van der Waals surface area contributed by atoms with E-state index >= 15 is 0 Å². The second-order valence-corrected chi connectivity index (χ2v) is 10.6. The van der Waals surface area contributed by atoms with Gasteiger partial charge in [-0.3, -0.25) is 9.59 Å². The summed E-state index contributed by atoms with van der Waals surface area (Å²) in [6.45, 7) is 9.74. The molecule has 0 radical (unpaired) electrons. The first-order chi connectivity index (χ1) is 20.6. The molecule has 3 aromatic rings. The lowest BCUT2D eigenvalue weighted by Crippen LogP contribution is -2.35. The van der Waals surface area contributed by atoms with Crippen LogP contribution in [-0.4, -0.2) is 90.7 Å². The molecule has 0 fully saturated rings. The summed E-state index contributed by atoms with van der Waals surface area (Å²) in [5, 5.41) is 8.98. The Morgan fingerprint density at radius 2 is 1.58 bits per heavy atom. The van der Waals surface area contributed by atoms with Gasteiger partial charge in [0.05, 0.1) is 24.2 Å². The topological polar surface area (TPSA) is 181 Å². The first kappa shape index (κ1) is 33.5. The Morgan fingerprint density at radius 1 is 0.907 bits per heavy atom. The van der Waals surface area contributed by atoms with E-state index in [9.17, 15) is 14.4 Å². The Labute approximate surface area is 251 Å². The third-order valence-corrected chi connectivity index (χ3v) is 5.95. The fourth-order valence-electron chi connectivity index (χ4n) is 4.16. The number of hydrogen-bond donors (Lipinski definition) is 4. The average molecular weight is 602 g/mol. The number of para-hydroxylation sites is 1. The minimum absolute atomic E-state index is 0.239. The van der Waals surface area contributed by atoms with E-state index in [4.69, 9.17) is 29.7 Å². The van der Waals surface area contributed by atoms with Crippen LogP contribution in [0.3, 0.4) is 0 Å². The minimum Gasteiger partial charge on any atom is -0.444 e. The fraction of sp³-hybridized carbons (Fsp3) is 0.552. The summed E-state index contributed by atoms with van der Waals surface area (Å²) in [6.07, 6.45) is 0.113. The van der Waals surface area contributed by atoms with Crippen molar-refractivity contribution in [2.24, 2.45) is 0 Å². The molecule has 0 aliphatic carbocycles. The zero-order valence-corrected chi connectivity index (χ0v) is 25.4. The average Bonchev–Trinajstić information content (AvgIpc) is 3.32. The zero-order chi connectivity index (χ0) is 31.2. The first-order valence-electron chi connectivity index (χ1n) is 14.4. The summed E-state index contributed by atoms with van der Waals surface area (Å²) in [5.74, 6) is 0.417. The van der Waals surface area contributed by atoms with Gasteiger partial charge in [0, 0.05) is 38.2 Å². The fourth-order valence-corrected chi connectivity index (χ4v) is 4.16. The number of fused-ring (bicyclic) bond motifs is 3. The maximum atomic E-state index is 12.2. The Hall–Kier alpha value is -4.01. The first-order valence-corrected chi connectivity index (χ1v) is 14.4. The van der Waals surface area contributed by atoms with Gasteiger partial charge in [-0.2, -0.15) is 0 Å². The molecule has 2 heterocycles. The van der Waals surface area contributed by atoms with Crippen LogP contribution < -0.4 is 21.7 Å². The molecule has 14 heteroatoms. The van der Waals surface area contributed by atoms with Crippen LogP contribution in [0.25, 0.3) is 21.9 Å². The van der Waals surface area contributed by atoms with E-state index < -0.39 is 11.7 Å². The number of pyridine rings is 1. The van der Waals surface area contributed by atoms with Gasteiger partial charge >= 0.3 is 6.09 Å². The highest BCUT2D eigenvalue weighted by Crippen LogP contribution is 2.29. The van der Waals surface area contributed by atoms with Gasteiger partial charge in [-0.1, -0.05) is 18.2 Å². The van der Waals surface area contributed by atoms with Crippen LogP contribution >= 0.6 is 0 Å². The van der Waals surface area contributed by atoms with Crippen LogP contribution in [0.5, 0.6) is 0 Å². The molecule has 3 amide bonds. The summed E-state index contributed by atoms with van der Waals surface area (Å²) < 4.78 is 23.4. The number of nitrogens with zero attached hydrogens (tertiary/aromatic N) is 3. The lowest BCUT2D eigenvalue weighted by atomic mass is 10.2. The molecule has 1 aromatic carbocycles. The van der Waals surface area contributed by atoms with Crippen molar-refractivity contribution in [3.63, 3.8) is 0 Å². The molecule has 0 saturated carbocycles. The largest absolute Gasteiger partial charge is 0.444 e. The van der Waals surface area contributed by atoms with Gasteiger partial charge in [-0.15, -0.1) is 0 Å². The molecular formula is C29H43N7O7. The van der Waals surface area contributed by atoms with E-state index in [1.165, 1.54) is 0 Å². The molecule has 0 aliphatic rings. The number of amides is 3. The van der Waals surface area contributed by atoms with E-state index in [-0.39, 0.29) is 51.3 Å². The molecule has 0 aliphatic heterocycles. The lowest BCUT2D eigenvalue weighted by Gasteiger charge is -2.19. The van der Waals surface area contributed by atoms with Gasteiger partial charge in [0.25, 0.3) is 0 Å². The number of carbonyl (C=O) groups is 3. The second kappa shape index (κ2) is 16.6. The van der Waals surface area contributed by atoms with Crippen LogP contribution in [0.15, 0.2) is 24.3 Å². The number of nitrogens with two attached hydrogens (primary N) is 1. The number of anilines is 1. The molecule has 43 heavy (non-hydrogen) atoms. The number of nitrogens with one attached hydrogen (secondary N) is 3. The van der Waals surface area contributed by atoms with Crippen molar-refractivity contribution in [3.05, 3.63) is 30.1 Å². The van der Waals surface area contributed by atoms with Crippen molar-refractivity contribution in [1.29, 1.82) is 0 Å². The standard InChI is InChI=1S/C29H43N7O7/c1-5-40-17-22-35-25-26(20-9-6-7-10-21(20)34-27(25)30)36(22)14-8-11-31-23(37)18-42-19-24(38)32-12-15-41-16-13-33-28(39)43-29(2,3)4/h6-7,9-10H,5,8,11-19H2,1-4H3,(H2,30,34)(H,31,37)(H,32,38)(H,33,39). The van der Waals surface area contributed by atoms with E-state index in [0.29, 0.717) is 44.1 Å². The molecule has 3 rings (SSSR count). The SMILES string of the molecule is CCOCc1nc2c(N)nc3ccccc3c2n1CCCNC(=O)COCC(=O)NCCOCCNC(=O)OC(C)(C)C. The van der Waals surface area contributed by atoms with Crippen LogP contribution in [0.2, 0.25) is 0 Å².